The predicted molar refractivity (Wildman–Crippen MR) is 117 cm³/mol. The van der Waals surface area contributed by atoms with Crippen LogP contribution in [0, 0.1) is 5.82 Å². The maximum absolute atomic E-state index is 13.4. The smallest absolute Gasteiger partial charge is 0.282 e. The van der Waals surface area contributed by atoms with Crippen LogP contribution in [0.4, 0.5) is 4.39 Å². The van der Waals surface area contributed by atoms with Crippen molar-refractivity contribution in [3.8, 4) is 10.6 Å². The SMILES string of the molecule is O=C(c1csc(-c2cccc(F)c2)n1)N1CC(N2CCN(C(=O)c3nccs3)CC2)C1. The van der Waals surface area contributed by atoms with Crippen LogP contribution in [0.2, 0.25) is 0 Å². The van der Waals surface area contributed by atoms with Gasteiger partial charge in [0.05, 0.1) is 0 Å². The Morgan fingerprint density at radius 1 is 1.03 bits per heavy atom. The Hall–Kier alpha value is -2.69. The number of amides is 2. The van der Waals surface area contributed by atoms with E-state index in [4.69, 9.17) is 0 Å². The van der Waals surface area contributed by atoms with E-state index < -0.39 is 0 Å². The lowest BCUT2D eigenvalue weighted by molar-refractivity contribution is 0.00827. The van der Waals surface area contributed by atoms with Gasteiger partial charge in [0.2, 0.25) is 0 Å². The average Bonchev–Trinajstić information content (AvgIpc) is 3.45. The summed E-state index contributed by atoms with van der Waals surface area (Å²) in [6.45, 7) is 4.25. The summed E-state index contributed by atoms with van der Waals surface area (Å²) in [6.07, 6.45) is 1.65. The van der Waals surface area contributed by atoms with Crippen LogP contribution in [0.15, 0.2) is 41.2 Å². The third kappa shape index (κ3) is 4.10. The van der Waals surface area contributed by atoms with Gasteiger partial charge in [-0.1, -0.05) is 12.1 Å². The van der Waals surface area contributed by atoms with Gasteiger partial charge in [0, 0.05) is 67.8 Å². The van der Waals surface area contributed by atoms with Gasteiger partial charge in [-0.2, -0.15) is 0 Å². The molecular formula is C21H20FN5O2S2. The van der Waals surface area contributed by atoms with Crippen LogP contribution in [0.3, 0.4) is 0 Å². The van der Waals surface area contributed by atoms with Crippen molar-refractivity contribution in [1.82, 2.24) is 24.7 Å². The zero-order valence-corrected chi connectivity index (χ0v) is 18.2. The van der Waals surface area contributed by atoms with Gasteiger partial charge < -0.3 is 9.80 Å². The number of rotatable bonds is 4. The van der Waals surface area contributed by atoms with E-state index in [2.05, 4.69) is 14.9 Å². The highest BCUT2D eigenvalue weighted by molar-refractivity contribution is 7.13. The molecule has 0 N–H and O–H groups in total. The highest BCUT2D eigenvalue weighted by atomic mass is 32.1. The van der Waals surface area contributed by atoms with Crippen LogP contribution in [-0.4, -0.2) is 81.8 Å². The van der Waals surface area contributed by atoms with Crippen molar-refractivity contribution in [2.24, 2.45) is 0 Å². The number of hydrogen-bond acceptors (Lipinski definition) is 7. The van der Waals surface area contributed by atoms with E-state index in [-0.39, 0.29) is 17.6 Å². The van der Waals surface area contributed by atoms with Gasteiger partial charge >= 0.3 is 0 Å². The van der Waals surface area contributed by atoms with E-state index >= 15 is 0 Å². The Bertz CT molecular complexity index is 1090. The second kappa shape index (κ2) is 8.45. The molecule has 0 radical (unpaired) electrons. The zero-order valence-electron chi connectivity index (χ0n) is 16.6. The third-order valence-corrected chi connectivity index (χ3v) is 7.33. The molecule has 5 rings (SSSR count). The first-order chi connectivity index (χ1) is 15.1. The number of benzene rings is 1. The highest BCUT2D eigenvalue weighted by Crippen LogP contribution is 2.26. The summed E-state index contributed by atoms with van der Waals surface area (Å²) in [5, 5.41) is 4.72. The van der Waals surface area contributed by atoms with Gasteiger partial charge in [0.1, 0.15) is 16.5 Å². The first-order valence-electron chi connectivity index (χ1n) is 10.0. The molecule has 160 valence electrons. The Kier molecular flexibility index (Phi) is 5.51. The summed E-state index contributed by atoms with van der Waals surface area (Å²) >= 11 is 2.71. The second-order valence-electron chi connectivity index (χ2n) is 7.58. The van der Waals surface area contributed by atoms with Gasteiger partial charge in [-0.25, -0.2) is 14.4 Å². The van der Waals surface area contributed by atoms with E-state index in [9.17, 15) is 14.0 Å². The Labute approximate surface area is 186 Å². The first kappa shape index (κ1) is 20.2. The fraction of sp³-hybridized carbons (Fsp3) is 0.333. The van der Waals surface area contributed by atoms with Crippen LogP contribution < -0.4 is 0 Å². The Morgan fingerprint density at radius 3 is 2.55 bits per heavy atom. The first-order valence-corrected chi connectivity index (χ1v) is 11.8. The minimum Gasteiger partial charge on any atom is -0.334 e. The van der Waals surface area contributed by atoms with Crippen LogP contribution in [0.1, 0.15) is 20.3 Å². The molecule has 0 bridgehead atoms. The van der Waals surface area contributed by atoms with Crippen molar-refractivity contribution in [3.05, 3.63) is 57.7 Å². The molecule has 0 saturated carbocycles. The molecule has 0 spiro atoms. The van der Waals surface area contributed by atoms with Crippen LogP contribution in [-0.2, 0) is 0 Å². The van der Waals surface area contributed by atoms with E-state index in [0.717, 1.165) is 13.1 Å². The standard InChI is InChI=1S/C21H20FN5O2S2/c22-15-3-1-2-14(10-15)18-24-17(13-31-18)20(28)27-11-16(12-27)25-5-7-26(8-6-25)21(29)19-23-4-9-30-19/h1-4,9-10,13,16H,5-8,11-12H2. The lowest BCUT2D eigenvalue weighted by Gasteiger charge is -2.47. The summed E-state index contributed by atoms with van der Waals surface area (Å²) in [4.78, 5) is 39.7. The minimum absolute atomic E-state index is 0.00213. The average molecular weight is 458 g/mol. The van der Waals surface area contributed by atoms with Crippen molar-refractivity contribution >= 4 is 34.5 Å². The molecule has 1 aromatic carbocycles. The maximum atomic E-state index is 13.4. The molecule has 2 amide bonds. The molecule has 10 heteroatoms. The van der Waals surface area contributed by atoms with Crippen LogP contribution >= 0.6 is 22.7 Å². The molecule has 2 aromatic heterocycles. The molecule has 0 aliphatic carbocycles. The summed E-state index contributed by atoms with van der Waals surface area (Å²) in [7, 11) is 0. The van der Waals surface area contributed by atoms with Gasteiger partial charge in [-0.3, -0.25) is 14.5 Å². The molecule has 0 atom stereocenters. The minimum atomic E-state index is -0.320. The second-order valence-corrected chi connectivity index (χ2v) is 9.33. The van der Waals surface area contributed by atoms with E-state index in [1.54, 1.807) is 28.6 Å². The topological polar surface area (TPSA) is 69.6 Å². The number of nitrogens with zero attached hydrogens (tertiary/aromatic N) is 5. The third-order valence-electron chi connectivity index (χ3n) is 5.68. The van der Waals surface area contributed by atoms with Gasteiger partial charge in [0.25, 0.3) is 11.8 Å². The highest BCUT2D eigenvalue weighted by Gasteiger charge is 2.37. The predicted octanol–water partition coefficient (Wildman–Crippen LogP) is 2.69. The molecule has 31 heavy (non-hydrogen) atoms. The number of piperazine rings is 1. The maximum Gasteiger partial charge on any atom is 0.282 e. The molecule has 7 nitrogen and oxygen atoms in total. The van der Waals surface area contributed by atoms with Crippen molar-refractivity contribution in [3.63, 3.8) is 0 Å². The quantitative estimate of drug-likeness (QED) is 0.603. The number of aromatic nitrogens is 2. The van der Waals surface area contributed by atoms with Gasteiger partial charge in [0.15, 0.2) is 5.01 Å². The summed E-state index contributed by atoms with van der Waals surface area (Å²) in [5.74, 6) is -0.412. The van der Waals surface area contributed by atoms with E-state index in [0.29, 0.717) is 53.5 Å². The largest absolute Gasteiger partial charge is 0.334 e. The van der Waals surface area contributed by atoms with Crippen molar-refractivity contribution in [2.45, 2.75) is 6.04 Å². The lowest BCUT2D eigenvalue weighted by Crippen LogP contribution is -2.64. The fourth-order valence-corrected chi connectivity index (χ4v) is 5.29. The normalized spacial score (nSPS) is 17.6. The van der Waals surface area contributed by atoms with Gasteiger partial charge in [-0.05, 0) is 12.1 Å². The van der Waals surface area contributed by atoms with Crippen molar-refractivity contribution < 1.29 is 14.0 Å². The zero-order chi connectivity index (χ0) is 21.4. The van der Waals surface area contributed by atoms with Crippen LogP contribution in [0.5, 0.6) is 0 Å². The summed E-state index contributed by atoms with van der Waals surface area (Å²) in [6, 6.07) is 6.54. The lowest BCUT2D eigenvalue weighted by atomic mass is 10.1. The Balaban J connectivity index is 1.13. The Morgan fingerprint density at radius 2 is 1.84 bits per heavy atom. The molecule has 4 heterocycles. The summed E-state index contributed by atoms with van der Waals surface area (Å²) in [5.41, 5.74) is 1.08. The molecule has 3 aromatic rings. The van der Waals surface area contributed by atoms with E-state index in [1.165, 1.54) is 34.8 Å². The number of thiazole rings is 2. The molecule has 2 aliphatic heterocycles. The number of carbonyl (C=O) groups excluding carboxylic acids is 2. The van der Waals surface area contributed by atoms with Gasteiger partial charge in [-0.15, -0.1) is 22.7 Å². The molecule has 2 aliphatic rings. The molecule has 2 fully saturated rings. The summed E-state index contributed by atoms with van der Waals surface area (Å²) < 4.78 is 13.4. The number of halogens is 1. The van der Waals surface area contributed by atoms with Crippen molar-refractivity contribution in [2.75, 3.05) is 39.3 Å². The number of likely N-dealkylation sites (tertiary alicyclic amines) is 1. The van der Waals surface area contributed by atoms with Crippen LogP contribution in [0.25, 0.3) is 10.6 Å². The molecule has 0 unspecified atom stereocenters. The fourth-order valence-electron chi connectivity index (χ4n) is 3.89. The number of hydrogen-bond donors (Lipinski definition) is 0. The number of carbonyl (C=O) groups is 2. The monoisotopic (exact) mass is 457 g/mol. The van der Waals surface area contributed by atoms with E-state index in [1.807, 2.05) is 10.3 Å². The van der Waals surface area contributed by atoms with Crippen molar-refractivity contribution in [1.29, 1.82) is 0 Å². The molecular weight excluding hydrogens is 437 g/mol. The molecule has 2 saturated heterocycles.